The molecule has 18 heavy (non-hydrogen) atoms. The molecule has 0 saturated heterocycles. The van der Waals surface area contributed by atoms with Crippen molar-refractivity contribution in [2.75, 3.05) is 19.0 Å². The number of hydrogen-bond donors (Lipinski definition) is 3. The Hall–Kier alpha value is -2.11. The highest BCUT2D eigenvalue weighted by Crippen LogP contribution is 2.22. The van der Waals surface area contributed by atoms with Crippen molar-refractivity contribution in [3.8, 4) is 5.75 Å². The number of benzene rings is 1. The van der Waals surface area contributed by atoms with Crippen molar-refractivity contribution in [1.29, 1.82) is 5.41 Å². The van der Waals surface area contributed by atoms with E-state index < -0.39 is 5.91 Å². The van der Waals surface area contributed by atoms with Gasteiger partial charge in [-0.15, -0.1) is 0 Å². The maximum absolute atomic E-state index is 10.7. The van der Waals surface area contributed by atoms with Crippen LogP contribution < -0.4 is 15.8 Å². The monoisotopic (exact) mass is 259 g/mol. The zero-order valence-corrected chi connectivity index (χ0v) is 9.74. The molecule has 0 aliphatic rings. The third-order valence-electron chi connectivity index (χ3n) is 2.08. The van der Waals surface area contributed by atoms with E-state index in [1.807, 2.05) is 0 Å². The topological polar surface area (TPSA) is 88.2 Å². The van der Waals surface area contributed by atoms with Crippen molar-refractivity contribution in [2.24, 2.45) is 5.73 Å². The molecule has 0 aromatic heterocycles. The lowest BCUT2D eigenvalue weighted by molar-refractivity contribution is -0.116. The Morgan fingerprint density at radius 2 is 2.17 bits per heavy atom. The van der Waals surface area contributed by atoms with Crippen LogP contribution in [0.3, 0.4) is 0 Å². The number of primary amides is 1. The van der Waals surface area contributed by atoms with Gasteiger partial charge in [0.2, 0.25) is 5.91 Å². The van der Waals surface area contributed by atoms with Crippen LogP contribution in [0.25, 0.3) is 0 Å². The fraction of sp³-hybridized carbons (Fsp3) is 0.333. The SMILES string of the molecule is C.COc1ccc(C(C)=N)c(NCC(N)=O)c1.F.[HH]. The van der Waals surface area contributed by atoms with Crippen LogP contribution in [-0.2, 0) is 4.79 Å². The first-order chi connectivity index (χ1) is 7.54. The van der Waals surface area contributed by atoms with Gasteiger partial charge in [0.15, 0.2) is 0 Å². The van der Waals surface area contributed by atoms with Gasteiger partial charge >= 0.3 is 0 Å². The minimum atomic E-state index is -0.448. The Kier molecular flexibility index (Phi) is 8.17. The minimum Gasteiger partial charge on any atom is -0.497 e. The summed E-state index contributed by atoms with van der Waals surface area (Å²) in [5, 5.41) is 10.5. The largest absolute Gasteiger partial charge is 0.497 e. The number of rotatable bonds is 5. The van der Waals surface area contributed by atoms with Crippen molar-refractivity contribution in [1.82, 2.24) is 0 Å². The summed E-state index contributed by atoms with van der Waals surface area (Å²) in [6.07, 6.45) is 0. The first-order valence-corrected chi connectivity index (χ1v) is 4.80. The molecule has 1 aromatic carbocycles. The molecule has 6 heteroatoms. The van der Waals surface area contributed by atoms with E-state index in [0.717, 1.165) is 5.56 Å². The number of anilines is 1. The molecule has 0 bridgehead atoms. The van der Waals surface area contributed by atoms with Gasteiger partial charge in [0, 0.05) is 24.5 Å². The van der Waals surface area contributed by atoms with Gasteiger partial charge in [0.05, 0.1) is 13.7 Å². The lowest BCUT2D eigenvalue weighted by Crippen LogP contribution is -2.22. The molecule has 104 valence electrons. The lowest BCUT2D eigenvalue weighted by atomic mass is 10.1. The fourth-order valence-corrected chi connectivity index (χ4v) is 1.31. The van der Waals surface area contributed by atoms with E-state index in [1.54, 1.807) is 32.2 Å². The molecule has 0 aliphatic carbocycles. The number of carbonyl (C=O) groups is 1. The number of hydrogen-bond acceptors (Lipinski definition) is 4. The highest BCUT2D eigenvalue weighted by Gasteiger charge is 2.06. The van der Waals surface area contributed by atoms with Crippen LogP contribution in [-0.4, -0.2) is 25.3 Å². The van der Waals surface area contributed by atoms with Crippen LogP contribution >= 0.6 is 0 Å². The third kappa shape index (κ3) is 4.82. The molecular formula is C12H22FN3O2. The van der Waals surface area contributed by atoms with Crippen molar-refractivity contribution in [3.63, 3.8) is 0 Å². The van der Waals surface area contributed by atoms with Crippen molar-refractivity contribution in [3.05, 3.63) is 23.8 Å². The van der Waals surface area contributed by atoms with Crippen LogP contribution in [0.4, 0.5) is 10.4 Å². The van der Waals surface area contributed by atoms with Gasteiger partial charge in [-0.2, -0.15) is 0 Å². The number of nitrogens with two attached hydrogens (primary N) is 1. The molecule has 1 aromatic rings. The molecule has 1 amide bonds. The smallest absolute Gasteiger partial charge is 0.236 e. The summed E-state index contributed by atoms with van der Waals surface area (Å²) in [5.74, 6) is 0.216. The number of nitrogens with one attached hydrogen (secondary N) is 2. The molecule has 0 unspecified atom stereocenters. The standard InChI is InChI=1S/C11H15N3O2.CH4.FH.H2/c1-7(12)9-4-3-8(16-2)5-10(9)14-6-11(13)15;;;/h3-5,12,14H,6H2,1-2H3,(H2,13,15);1H4;2*1H. The molecule has 0 spiro atoms. The van der Waals surface area contributed by atoms with Gasteiger partial charge in [0.1, 0.15) is 5.75 Å². The van der Waals surface area contributed by atoms with E-state index in [4.69, 9.17) is 15.9 Å². The second-order valence-electron chi connectivity index (χ2n) is 3.36. The average Bonchev–Trinajstić information content (AvgIpc) is 2.25. The zero-order chi connectivity index (χ0) is 12.1. The predicted octanol–water partition coefficient (Wildman–Crippen LogP) is 2.01. The minimum absolute atomic E-state index is 0. The first-order valence-electron chi connectivity index (χ1n) is 4.80. The van der Waals surface area contributed by atoms with Crippen LogP contribution in [0.5, 0.6) is 5.75 Å². The van der Waals surface area contributed by atoms with Gasteiger partial charge in [-0.3, -0.25) is 9.50 Å². The summed E-state index contributed by atoms with van der Waals surface area (Å²) in [4.78, 5) is 10.7. The second kappa shape index (κ2) is 8.05. The first kappa shape index (κ1) is 18.3. The Labute approximate surface area is 108 Å². The van der Waals surface area contributed by atoms with Crippen molar-refractivity contribution < 1.29 is 15.7 Å². The van der Waals surface area contributed by atoms with E-state index in [2.05, 4.69) is 5.32 Å². The van der Waals surface area contributed by atoms with E-state index in [0.29, 0.717) is 17.1 Å². The lowest BCUT2D eigenvalue weighted by Gasteiger charge is -2.11. The van der Waals surface area contributed by atoms with E-state index in [9.17, 15) is 4.79 Å². The summed E-state index contributed by atoms with van der Waals surface area (Å²) < 4.78 is 5.07. The van der Waals surface area contributed by atoms with Crippen molar-refractivity contribution in [2.45, 2.75) is 14.4 Å². The van der Waals surface area contributed by atoms with Crippen LogP contribution in [0.1, 0.15) is 21.3 Å². The maximum atomic E-state index is 10.7. The van der Waals surface area contributed by atoms with Crippen LogP contribution in [0.15, 0.2) is 18.2 Å². The number of carbonyl (C=O) groups excluding carboxylic acids is 1. The Bertz CT molecular complexity index is 427. The molecule has 4 N–H and O–H groups in total. The average molecular weight is 259 g/mol. The Morgan fingerprint density at radius 1 is 1.56 bits per heavy atom. The fourth-order valence-electron chi connectivity index (χ4n) is 1.31. The molecule has 0 aliphatic heterocycles. The Morgan fingerprint density at radius 3 is 2.61 bits per heavy atom. The normalized spacial score (nSPS) is 8.56. The predicted molar refractivity (Wildman–Crippen MR) is 74.5 cm³/mol. The van der Waals surface area contributed by atoms with Gasteiger partial charge < -0.3 is 21.2 Å². The third-order valence-corrected chi connectivity index (χ3v) is 2.08. The van der Waals surface area contributed by atoms with Gasteiger partial charge in [-0.1, -0.05) is 7.43 Å². The highest BCUT2D eigenvalue weighted by molar-refractivity contribution is 6.02. The molecule has 5 nitrogen and oxygen atoms in total. The molecule has 0 saturated carbocycles. The summed E-state index contributed by atoms with van der Waals surface area (Å²) >= 11 is 0. The quantitative estimate of drug-likeness (QED) is 0.707. The van der Waals surface area contributed by atoms with Crippen LogP contribution in [0, 0.1) is 5.41 Å². The van der Waals surface area contributed by atoms with Crippen molar-refractivity contribution >= 4 is 17.3 Å². The number of ether oxygens (including phenoxy) is 1. The Balaban J connectivity index is -0.000000853. The molecule has 1 rings (SSSR count). The number of halogens is 1. The summed E-state index contributed by atoms with van der Waals surface area (Å²) in [5.41, 5.74) is 6.86. The summed E-state index contributed by atoms with van der Waals surface area (Å²) in [6, 6.07) is 5.27. The zero-order valence-electron chi connectivity index (χ0n) is 9.74. The summed E-state index contributed by atoms with van der Waals surface area (Å²) in [6.45, 7) is 1.71. The van der Waals surface area contributed by atoms with E-state index in [-0.39, 0.29) is 20.1 Å². The number of methoxy groups -OCH3 is 1. The second-order valence-corrected chi connectivity index (χ2v) is 3.36. The maximum Gasteiger partial charge on any atom is 0.236 e. The van der Waals surface area contributed by atoms with Gasteiger partial charge in [-0.25, -0.2) is 0 Å². The molecule has 0 radical (unpaired) electrons. The number of amides is 1. The van der Waals surface area contributed by atoms with E-state index in [1.165, 1.54) is 0 Å². The van der Waals surface area contributed by atoms with E-state index >= 15 is 0 Å². The molecular weight excluding hydrogens is 237 g/mol. The molecule has 0 fully saturated rings. The summed E-state index contributed by atoms with van der Waals surface area (Å²) in [7, 11) is 1.56. The molecule has 0 heterocycles. The van der Waals surface area contributed by atoms with Gasteiger partial charge in [0.25, 0.3) is 0 Å². The molecule has 0 atom stereocenters. The highest BCUT2D eigenvalue weighted by atomic mass is 19.0. The van der Waals surface area contributed by atoms with Gasteiger partial charge in [-0.05, 0) is 19.1 Å². The van der Waals surface area contributed by atoms with Crippen LogP contribution in [0.2, 0.25) is 0 Å².